The second kappa shape index (κ2) is 7.11. The molecule has 0 aliphatic heterocycles. The molecule has 0 heterocycles. The monoisotopic (exact) mass is 183 g/mol. The predicted octanol–water partition coefficient (Wildman–Crippen LogP) is 3.93. The molecule has 0 N–H and O–H groups in total. The van der Waals surface area contributed by atoms with Gasteiger partial charge in [-0.2, -0.15) is 0 Å². The van der Waals surface area contributed by atoms with Gasteiger partial charge < -0.3 is 0 Å². The fraction of sp³-hybridized carbons (Fsp3) is 0.917. The standard InChI is InChI=1S/C12H25N/c1-6-7-10(2)8-11(3)9-12(4)13-5/h10-11H,6-9H2,1-5H3/b13-12-. The first kappa shape index (κ1) is 12.7. The Kier molecular flexibility index (Phi) is 6.93. The van der Waals surface area contributed by atoms with Crippen molar-refractivity contribution in [2.75, 3.05) is 7.05 Å². The van der Waals surface area contributed by atoms with Crippen LogP contribution >= 0.6 is 0 Å². The van der Waals surface area contributed by atoms with Gasteiger partial charge in [0.25, 0.3) is 0 Å². The molecule has 0 aromatic carbocycles. The van der Waals surface area contributed by atoms with Crippen LogP contribution in [0.2, 0.25) is 0 Å². The molecule has 0 radical (unpaired) electrons. The Morgan fingerprint density at radius 1 is 1.23 bits per heavy atom. The molecule has 0 aromatic rings. The third-order valence-electron chi connectivity index (χ3n) is 2.61. The SMILES string of the molecule is CCCC(C)CC(C)C/C(C)=N\C. The third kappa shape index (κ3) is 6.80. The van der Waals surface area contributed by atoms with Crippen molar-refractivity contribution in [3.05, 3.63) is 0 Å². The average molecular weight is 183 g/mol. The number of hydrogen-bond donors (Lipinski definition) is 0. The molecule has 0 aliphatic rings. The topological polar surface area (TPSA) is 12.4 Å². The highest BCUT2D eigenvalue weighted by Gasteiger charge is 2.08. The fourth-order valence-corrected chi connectivity index (χ4v) is 1.98. The Labute approximate surface area is 83.6 Å². The molecule has 0 spiro atoms. The number of aliphatic imine (C=N–C) groups is 1. The summed E-state index contributed by atoms with van der Waals surface area (Å²) in [4.78, 5) is 4.20. The van der Waals surface area contributed by atoms with Crippen molar-refractivity contribution < 1.29 is 0 Å². The Morgan fingerprint density at radius 3 is 2.31 bits per heavy atom. The minimum Gasteiger partial charge on any atom is -0.298 e. The van der Waals surface area contributed by atoms with E-state index < -0.39 is 0 Å². The number of rotatable bonds is 6. The van der Waals surface area contributed by atoms with Gasteiger partial charge in [0.1, 0.15) is 0 Å². The summed E-state index contributed by atoms with van der Waals surface area (Å²) in [5, 5.41) is 0. The van der Waals surface area contributed by atoms with Crippen molar-refractivity contribution in [1.29, 1.82) is 0 Å². The maximum absolute atomic E-state index is 4.20. The van der Waals surface area contributed by atoms with E-state index in [0.717, 1.165) is 11.8 Å². The van der Waals surface area contributed by atoms with Gasteiger partial charge in [-0.05, 0) is 31.6 Å². The molecule has 0 aliphatic carbocycles. The van der Waals surface area contributed by atoms with Gasteiger partial charge in [-0.25, -0.2) is 0 Å². The van der Waals surface area contributed by atoms with Crippen LogP contribution < -0.4 is 0 Å². The van der Waals surface area contributed by atoms with Crippen molar-refractivity contribution in [1.82, 2.24) is 0 Å². The van der Waals surface area contributed by atoms with Crippen LogP contribution in [0.5, 0.6) is 0 Å². The van der Waals surface area contributed by atoms with E-state index in [4.69, 9.17) is 0 Å². The number of hydrogen-bond acceptors (Lipinski definition) is 1. The molecular formula is C12H25N. The first-order valence-electron chi connectivity index (χ1n) is 5.52. The lowest BCUT2D eigenvalue weighted by atomic mass is 9.91. The highest BCUT2D eigenvalue weighted by molar-refractivity contribution is 5.81. The van der Waals surface area contributed by atoms with Crippen LogP contribution in [-0.2, 0) is 0 Å². The Balaban J connectivity index is 3.67. The van der Waals surface area contributed by atoms with Crippen LogP contribution in [0.4, 0.5) is 0 Å². The predicted molar refractivity (Wildman–Crippen MR) is 61.5 cm³/mol. The first-order valence-corrected chi connectivity index (χ1v) is 5.52. The quantitative estimate of drug-likeness (QED) is 0.553. The van der Waals surface area contributed by atoms with E-state index in [0.29, 0.717) is 0 Å². The van der Waals surface area contributed by atoms with E-state index in [9.17, 15) is 0 Å². The summed E-state index contributed by atoms with van der Waals surface area (Å²) in [5.41, 5.74) is 1.29. The normalized spacial score (nSPS) is 17.2. The molecule has 1 heteroatoms. The molecule has 0 saturated carbocycles. The summed E-state index contributed by atoms with van der Waals surface area (Å²) >= 11 is 0. The van der Waals surface area contributed by atoms with Gasteiger partial charge in [0.05, 0.1) is 0 Å². The van der Waals surface area contributed by atoms with Crippen LogP contribution in [0.1, 0.15) is 53.4 Å². The lowest BCUT2D eigenvalue weighted by molar-refractivity contribution is 0.399. The van der Waals surface area contributed by atoms with Crippen molar-refractivity contribution >= 4 is 5.71 Å². The van der Waals surface area contributed by atoms with Crippen LogP contribution in [0.15, 0.2) is 4.99 Å². The summed E-state index contributed by atoms with van der Waals surface area (Å²) < 4.78 is 0. The van der Waals surface area contributed by atoms with Crippen LogP contribution in [0.3, 0.4) is 0 Å². The van der Waals surface area contributed by atoms with Crippen LogP contribution in [0, 0.1) is 11.8 Å². The van der Waals surface area contributed by atoms with Gasteiger partial charge in [-0.3, -0.25) is 4.99 Å². The van der Waals surface area contributed by atoms with Crippen molar-refractivity contribution in [2.45, 2.75) is 53.4 Å². The molecule has 13 heavy (non-hydrogen) atoms. The van der Waals surface area contributed by atoms with E-state index in [1.807, 2.05) is 7.05 Å². The number of nitrogens with zero attached hydrogens (tertiary/aromatic N) is 1. The first-order chi connectivity index (χ1) is 6.10. The van der Waals surface area contributed by atoms with Crippen molar-refractivity contribution in [2.24, 2.45) is 16.8 Å². The molecule has 0 bridgehead atoms. The Hall–Kier alpha value is -0.330. The lowest BCUT2D eigenvalue weighted by Gasteiger charge is -2.16. The van der Waals surface area contributed by atoms with E-state index in [1.165, 1.54) is 31.4 Å². The lowest BCUT2D eigenvalue weighted by Crippen LogP contribution is -2.07. The zero-order chi connectivity index (χ0) is 10.3. The van der Waals surface area contributed by atoms with Crippen molar-refractivity contribution in [3.8, 4) is 0 Å². The second-order valence-corrected chi connectivity index (χ2v) is 4.40. The second-order valence-electron chi connectivity index (χ2n) is 4.40. The summed E-state index contributed by atoms with van der Waals surface area (Å²) in [5.74, 6) is 1.68. The van der Waals surface area contributed by atoms with Gasteiger partial charge in [0.15, 0.2) is 0 Å². The van der Waals surface area contributed by atoms with E-state index in [1.54, 1.807) is 0 Å². The largest absolute Gasteiger partial charge is 0.298 e. The van der Waals surface area contributed by atoms with Crippen LogP contribution in [-0.4, -0.2) is 12.8 Å². The fourth-order valence-electron chi connectivity index (χ4n) is 1.98. The molecule has 1 nitrogen and oxygen atoms in total. The average Bonchev–Trinajstić information content (AvgIpc) is 2.04. The van der Waals surface area contributed by atoms with E-state index in [2.05, 4.69) is 32.7 Å². The molecule has 0 amide bonds. The highest BCUT2D eigenvalue weighted by atomic mass is 14.7. The zero-order valence-corrected chi connectivity index (χ0v) is 9.93. The molecule has 0 saturated heterocycles. The molecule has 2 unspecified atom stereocenters. The molecule has 0 fully saturated rings. The van der Waals surface area contributed by atoms with E-state index >= 15 is 0 Å². The molecular weight excluding hydrogens is 158 g/mol. The Morgan fingerprint density at radius 2 is 1.85 bits per heavy atom. The Bertz CT molecular complexity index is 149. The molecule has 2 atom stereocenters. The zero-order valence-electron chi connectivity index (χ0n) is 9.93. The third-order valence-corrected chi connectivity index (χ3v) is 2.61. The molecule has 78 valence electrons. The summed E-state index contributed by atoms with van der Waals surface area (Å²) in [6.07, 6.45) is 5.20. The minimum atomic E-state index is 0.797. The van der Waals surface area contributed by atoms with E-state index in [-0.39, 0.29) is 0 Å². The smallest absolute Gasteiger partial charge is 0.0276 e. The summed E-state index contributed by atoms with van der Waals surface area (Å²) in [7, 11) is 1.89. The minimum absolute atomic E-state index is 0.797. The van der Waals surface area contributed by atoms with Crippen LogP contribution in [0.25, 0.3) is 0 Å². The van der Waals surface area contributed by atoms with Crippen molar-refractivity contribution in [3.63, 3.8) is 0 Å². The maximum Gasteiger partial charge on any atom is 0.0276 e. The molecule has 0 rings (SSSR count). The van der Waals surface area contributed by atoms with Gasteiger partial charge in [-0.1, -0.05) is 33.6 Å². The molecule has 0 aromatic heterocycles. The van der Waals surface area contributed by atoms with Gasteiger partial charge >= 0.3 is 0 Å². The van der Waals surface area contributed by atoms with Gasteiger partial charge in [-0.15, -0.1) is 0 Å². The highest BCUT2D eigenvalue weighted by Crippen LogP contribution is 2.19. The van der Waals surface area contributed by atoms with Gasteiger partial charge in [0, 0.05) is 12.8 Å². The summed E-state index contributed by atoms with van der Waals surface area (Å²) in [6.45, 7) is 9.08. The summed E-state index contributed by atoms with van der Waals surface area (Å²) in [6, 6.07) is 0. The maximum atomic E-state index is 4.20. The van der Waals surface area contributed by atoms with Gasteiger partial charge in [0.2, 0.25) is 0 Å².